The highest BCUT2D eigenvalue weighted by Gasteiger charge is 2.50. The van der Waals surface area contributed by atoms with Gasteiger partial charge < -0.3 is 14.9 Å². The van der Waals surface area contributed by atoms with E-state index in [-0.39, 0.29) is 11.8 Å². The number of carbonyl (C=O) groups is 2. The van der Waals surface area contributed by atoms with Crippen LogP contribution in [-0.2, 0) is 14.8 Å². The average molecular weight is 468 g/mol. The molecule has 2 aliphatic rings. The highest BCUT2D eigenvalue weighted by atomic mass is 32.2. The highest BCUT2D eigenvalue weighted by molar-refractivity contribution is 7.89. The zero-order valence-electron chi connectivity index (χ0n) is 18.3. The minimum Gasteiger partial charge on any atom is -0.380 e. The van der Waals surface area contributed by atoms with Crippen LogP contribution in [0.4, 0.5) is 0 Å². The van der Waals surface area contributed by atoms with Gasteiger partial charge in [-0.2, -0.15) is 0 Å². The van der Waals surface area contributed by atoms with E-state index in [2.05, 4.69) is 0 Å². The van der Waals surface area contributed by atoms with Gasteiger partial charge in [0.15, 0.2) is 0 Å². The molecule has 1 aromatic heterocycles. The molecule has 5 rings (SSSR count). The van der Waals surface area contributed by atoms with E-state index >= 15 is 0 Å². The lowest BCUT2D eigenvalue weighted by atomic mass is 10.0. The number of piperazine rings is 1. The summed E-state index contributed by atoms with van der Waals surface area (Å²) < 4.78 is 25.0. The van der Waals surface area contributed by atoms with Crippen LogP contribution in [0, 0.1) is 0 Å². The van der Waals surface area contributed by atoms with Crippen molar-refractivity contribution < 1.29 is 23.1 Å². The molecule has 33 heavy (non-hydrogen) atoms. The standard InChI is InChI=1S/C24H25N3O5S/c1-33(31,32)27-11-8-20-16-19(6-7-21(20)27)17-2-4-18(5-3-17)22(28)25-12-14-26(15-13-25)23(29)24(30)9-10-24/h2-8,11,16,30H,9-10,12-15H2,1H3. The Hall–Kier alpha value is -3.17. The van der Waals surface area contributed by atoms with E-state index in [4.69, 9.17) is 0 Å². The van der Waals surface area contributed by atoms with E-state index in [1.165, 1.54) is 10.2 Å². The van der Waals surface area contributed by atoms with E-state index in [0.29, 0.717) is 50.1 Å². The number of hydrogen-bond donors (Lipinski definition) is 1. The van der Waals surface area contributed by atoms with Crippen molar-refractivity contribution in [3.05, 3.63) is 60.3 Å². The summed E-state index contributed by atoms with van der Waals surface area (Å²) >= 11 is 0. The van der Waals surface area contributed by atoms with Crippen LogP contribution in [0.3, 0.4) is 0 Å². The van der Waals surface area contributed by atoms with E-state index < -0.39 is 15.6 Å². The Morgan fingerprint density at radius 3 is 2.09 bits per heavy atom. The van der Waals surface area contributed by atoms with Crippen molar-refractivity contribution in [2.24, 2.45) is 0 Å². The first-order chi connectivity index (χ1) is 15.7. The third-order valence-corrected chi connectivity index (χ3v) is 7.49. The van der Waals surface area contributed by atoms with Gasteiger partial charge >= 0.3 is 0 Å². The Kier molecular flexibility index (Phi) is 5.06. The van der Waals surface area contributed by atoms with Crippen LogP contribution in [0.15, 0.2) is 54.7 Å². The molecule has 0 radical (unpaired) electrons. The number of amides is 2. The Labute approximate surface area is 192 Å². The normalized spacial score (nSPS) is 17.9. The molecule has 1 N–H and O–H groups in total. The summed E-state index contributed by atoms with van der Waals surface area (Å²) in [7, 11) is -3.36. The molecule has 172 valence electrons. The number of hydrogen-bond acceptors (Lipinski definition) is 5. The van der Waals surface area contributed by atoms with Gasteiger partial charge in [0.25, 0.3) is 11.8 Å². The molecule has 1 saturated carbocycles. The van der Waals surface area contributed by atoms with Gasteiger partial charge in [0.1, 0.15) is 5.60 Å². The van der Waals surface area contributed by atoms with Gasteiger partial charge in [-0.05, 0) is 54.3 Å². The highest BCUT2D eigenvalue weighted by Crippen LogP contribution is 2.37. The molecule has 0 bridgehead atoms. The zero-order valence-corrected chi connectivity index (χ0v) is 19.1. The van der Waals surface area contributed by atoms with E-state index in [0.717, 1.165) is 16.5 Å². The number of carbonyl (C=O) groups excluding carboxylic acids is 2. The van der Waals surface area contributed by atoms with Crippen LogP contribution < -0.4 is 0 Å². The third-order valence-electron chi connectivity index (χ3n) is 6.45. The lowest BCUT2D eigenvalue weighted by Crippen LogP contribution is -2.53. The first-order valence-corrected chi connectivity index (χ1v) is 12.7. The molecule has 2 amide bonds. The quantitative estimate of drug-likeness (QED) is 0.632. The predicted octanol–water partition coefficient (Wildman–Crippen LogP) is 1.93. The molecule has 1 aliphatic heterocycles. The van der Waals surface area contributed by atoms with Gasteiger partial charge in [-0.15, -0.1) is 0 Å². The number of nitrogens with zero attached hydrogens (tertiary/aromatic N) is 3. The van der Waals surface area contributed by atoms with E-state index in [9.17, 15) is 23.1 Å². The summed E-state index contributed by atoms with van der Waals surface area (Å²) in [6, 6.07) is 14.7. The summed E-state index contributed by atoms with van der Waals surface area (Å²) in [5.41, 5.74) is 1.88. The molecule has 0 atom stereocenters. The summed E-state index contributed by atoms with van der Waals surface area (Å²) in [6.45, 7) is 1.74. The van der Waals surface area contributed by atoms with Crippen LogP contribution >= 0.6 is 0 Å². The maximum Gasteiger partial charge on any atom is 0.254 e. The summed E-state index contributed by atoms with van der Waals surface area (Å²) in [4.78, 5) is 28.6. The summed E-state index contributed by atoms with van der Waals surface area (Å²) in [6.07, 6.45) is 3.76. The molecule has 2 fully saturated rings. The molecule has 9 heteroatoms. The molecule has 0 unspecified atom stereocenters. The van der Waals surface area contributed by atoms with Crippen molar-refractivity contribution >= 4 is 32.7 Å². The van der Waals surface area contributed by atoms with Gasteiger partial charge in [0, 0.05) is 43.3 Å². The fourth-order valence-electron chi connectivity index (χ4n) is 4.31. The lowest BCUT2D eigenvalue weighted by Gasteiger charge is -2.35. The molecule has 1 aliphatic carbocycles. The smallest absolute Gasteiger partial charge is 0.254 e. The maximum absolute atomic E-state index is 12.9. The fourth-order valence-corrected chi connectivity index (χ4v) is 5.12. The predicted molar refractivity (Wildman–Crippen MR) is 124 cm³/mol. The van der Waals surface area contributed by atoms with E-state index in [1.54, 1.807) is 40.3 Å². The van der Waals surface area contributed by atoms with Gasteiger partial charge in [-0.1, -0.05) is 18.2 Å². The Morgan fingerprint density at radius 1 is 0.879 bits per heavy atom. The van der Waals surface area contributed by atoms with Crippen molar-refractivity contribution in [2.45, 2.75) is 18.4 Å². The van der Waals surface area contributed by atoms with Crippen molar-refractivity contribution in [1.82, 2.24) is 13.8 Å². The maximum atomic E-state index is 12.9. The molecular formula is C24H25N3O5S. The molecule has 1 saturated heterocycles. The van der Waals surface area contributed by atoms with Gasteiger partial charge in [-0.3, -0.25) is 9.59 Å². The minimum atomic E-state index is -3.36. The van der Waals surface area contributed by atoms with Gasteiger partial charge in [0.05, 0.1) is 11.8 Å². The lowest BCUT2D eigenvalue weighted by molar-refractivity contribution is -0.143. The van der Waals surface area contributed by atoms with E-state index in [1.807, 2.05) is 24.3 Å². The largest absolute Gasteiger partial charge is 0.380 e. The fraction of sp³-hybridized carbons (Fsp3) is 0.333. The first-order valence-electron chi connectivity index (χ1n) is 10.9. The van der Waals surface area contributed by atoms with Crippen molar-refractivity contribution in [3.8, 4) is 11.1 Å². The second-order valence-corrected chi connectivity index (χ2v) is 10.7. The second kappa shape index (κ2) is 7.71. The molecule has 0 spiro atoms. The number of benzene rings is 2. The first kappa shape index (κ1) is 21.7. The van der Waals surface area contributed by atoms with Gasteiger partial charge in [-0.25, -0.2) is 12.4 Å². The molecule has 8 nitrogen and oxygen atoms in total. The topological polar surface area (TPSA) is 99.9 Å². The molecular weight excluding hydrogens is 442 g/mol. The monoisotopic (exact) mass is 467 g/mol. The number of fused-ring (bicyclic) bond motifs is 1. The SMILES string of the molecule is CS(=O)(=O)n1ccc2cc(-c3ccc(C(=O)N4CCN(C(=O)C5(O)CC5)CC4)cc3)ccc21. The van der Waals surface area contributed by atoms with Crippen LogP contribution in [0.1, 0.15) is 23.2 Å². The van der Waals surface area contributed by atoms with Crippen molar-refractivity contribution in [1.29, 1.82) is 0 Å². The summed E-state index contributed by atoms with van der Waals surface area (Å²) in [5, 5.41) is 10.8. The van der Waals surface area contributed by atoms with Crippen molar-refractivity contribution in [2.75, 3.05) is 32.4 Å². The number of aromatic nitrogens is 1. The van der Waals surface area contributed by atoms with Crippen LogP contribution in [-0.4, -0.2) is 77.1 Å². The molecule has 3 aromatic rings. The third kappa shape index (κ3) is 4.02. The Balaban J connectivity index is 1.28. The summed E-state index contributed by atoms with van der Waals surface area (Å²) in [5.74, 6) is -0.303. The number of aliphatic hydroxyl groups is 1. The van der Waals surface area contributed by atoms with Crippen LogP contribution in [0.5, 0.6) is 0 Å². The Morgan fingerprint density at radius 2 is 1.48 bits per heavy atom. The van der Waals surface area contributed by atoms with Crippen LogP contribution in [0.25, 0.3) is 22.0 Å². The van der Waals surface area contributed by atoms with Crippen molar-refractivity contribution in [3.63, 3.8) is 0 Å². The zero-order chi connectivity index (χ0) is 23.4. The average Bonchev–Trinajstić information content (AvgIpc) is 3.41. The molecule has 2 heterocycles. The van der Waals surface area contributed by atoms with Gasteiger partial charge in [0.2, 0.25) is 10.0 Å². The number of rotatable bonds is 4. The Bertz CT molecular complexity index is 1350. The van der Waals surface area contributed by atoms with Crippen LogP contribution in [0.2, 0.25) is 0 Å². The minimum absolute atomic E-state index is 0.0838. The second-order valence-electron chi connectivity index (χ2n) is 8.84. The molecule has 2 aromatic carbocycles.